The Kier molecular flexibility index (Phi) is 5.72. The molecule has 0 saturated carbocycles. The lowest BCUT2D eigenvalue weighted by atomic mass is 9.97. The highest BCUT2D eigenvalue weighted by molar-refractivity contribution is 9.10. The predicted octanol–water partition coefficient (Wildman–Crippen LogP) is 4.22. The van der Waals surface area contributed by atoms with Gasteiger partial charge in [0.15, 0.2) is 5.11 Å². The zero-order chi connectivity index (χ0) is 20.5. The minimum atomic E-state index is -0.0749. The lowest BCUT2D eigenvalue weighted by Crippen LogP contribution is -2.32. The van der Waals surface area contributed by atoms with E-state index in [0.717, 1.165) is 27.2 Å². The Morgan fingerprint density at radius 2 is 1.93 bits per heavy atom. The van der Waals surface area contributed by atoms with Crippen LogP contribution in [-0.2, 0) is 0 Å². The fraction of sp³-hybridized carbons (Fsp3) is 0.273. The Morgan fingerprint density at radius 3 is 2.59 bits per heavy atom. The van der Waals surface area contributed by atoms with E-state index in [0.29, 0.717) is 11.7 Å². The molecule has 3 aromatic rings. The molecule has 29 heavy (non-hydrogen) atoms. The lowest BCUT2D eigenvalue weighted by Gasteiger charge is -2.27. The molecule has 0 unspecified atom stereocenters. The van der Waals surface area contributed by atoms with Gasteiger partial charge >= 0.3 is 0 Å². The maximum Gasteiger partial charge on any atom is 0.170 e. The summed E-state index contributed by atoms with van der Waals surface area (Å²) in [4.78, 5) is 6.64. The summed E-state index contributed by atoms with van der Waals surface area (Å²) in [5.41, 5.74) is 5.55. The van der Waals surface area contributed by atoms with Crippen LogP contribution in [-0.4, -0.2) is 37.8 Å². The molecular formula is C22H23BrN4OS. The Hall–Kier alpha value is -2.22. The predicted molar refractivity (Wildman–Crippen MR) is 122 cm³/mol. The van der Waals surface area contributed by atoms with Crippen molar-refractivity contribution in [1.29, 1.82) is 0 Å². The van der Waals surface area contributed by atoms with E-state index in [9.17, 15) is 5.11 Å². The first-order chi connectivity index (χ1) is 14.0. The standard InChI is InChI=1S/C22H23BrN4OS/c1-14-13-18(15(2)27(14)17-8-6-16(23)7-9-17)21-20(19-5-3-4-10-24-19)25-22(29)26(21)11-12-28/h3-10,13,20-21,28H,11-12H2,1-2H3,(H,25,29)/t20-,21+/m1/s1. The fourth-order valence-corrected chi connectivity index (χ4v) is 4.76. The molecule has 1 aliphatic heterocycles. The Bertz CT molecular complexity index is 1020. The first-order valence-electron chi connectivity index (χ1n) is 9.55. The van der Waals surface area contributed by atoms with Crippen molar-refractivity contribution < 1.29 is 5.11 Å². The van der Waals surface area contributed by atoms with Crippen LogP contribution in [0.5, 0.6) is 0 Å². The molecular weight excluding hydrogens is 448 g/mol. The first-order valence-corrected chi connectivity index (χ1v) is 10.7. The van der Waals surface area contributed by atoms with Crippen LogP contribution in [0.1, 0.15) is 34.7 Å². The largest absolute Gasteiger partial charge is 0.395 e. The molecule has 5 nitrogen and oxygen atoms in total. The molecule has 7 heteroatoms. The van der Waals surface area contributed by atoms with Crippen LogP contribution in [0.4, 0.5) is 0 Å². The van der Waals surface area contributed by atoms with Crippen LogP contribution in [0, 0.1) is 13.8 Å². The number of halogens is 1. The van der Waals surface area contributed by atoms with E-state index in [1.807, 2.05) is 18.2 Å². The van der Waals surface area contributed by atoms with E-state index in [-0.39, 0.29) is 18.7 Å². The molecule has 150 valence electrons. The van der Waals surface area contributed by atoms with Crippen LogP contribution in [0.15, 0.2) is 59.2 Å². The average molecular weight is 471 g/mol. The molecule has 1 fully saturated rings. The number of benzene rings is 1. The molecule has 1 aliphatic rings. The quantitative estimate of drug-likeness (QED) is 0.546. The summed E-state index contributed by atoms with van der Waals surface area (Å²) in [5.74, 6) is 0. The van der Waals surface area contributed by atoms with Crippen molar-refractivity contribution in [1.82, 2.24) is 19.8 Å². The molecule has 0 bridgehead atoms. The summed E-state index contributed by atoms with van der Waals surface area (Å²) in [6, 6.07) is 16.3. The Labute approximate surface area is 184 Å². The Balaban J connectivity index is 1.82. The minimum Gasteiger partial charge on any atom is -0.395 e. The molecule has 0 radical (unpaired) electrons. The Morgan fingerprint density at radius 1 is 1.17 bits per heavy atom. The second-order valence-electron chi connectivity index (χ2n) is 7.18. The molecule has 2 aromatic heterocycles. The van der Waals surface area contributed by atoms with Crippen molar-refractivity contribution >= 4 is 33.3 Å². The average Bonchev–Trinajstić information content (AvgIpc) is 3.20. The van der Waals surface area contributed by atoms with Gasteiger partial charge in [-0.25, -0.2) is 0 Å². The number of aromatic nitrogens is 2. The third-order valence-corrected chi connectivity index (χ3v) is 6.29. The summed E-state index contributed by atoms with van der Waals surface area (Å²) >= 11 is 9.13. The summed E-state index contributed by atoms with van der Waals surface area (Å²) in [6.45, 7) is 4.77. The van der Waals surface area contributed by atoms with Crippen molar-refractivity contribution in [2.75, 3.05) is 13.2 Å². The lowest BCUT2D eigenvalue weighted by molar-refractivity contribution is 0.223. The van der Waals surface area contributed by atoms with Gasteiger partial charge in [0, 0.05) is 34.3 Å². The number of nitrogens with one attached hydrogen (secondary N) is 1. The van der Waals surface area contributed by atoms with Gasteiger partial charge in [-0.15, -0.1) is 0 Å². The minimum absolute atomic E-state index is 0.0404. The monoisotopic (exact) mass is 470 g/mol. The summed E-state index contributed by atoms with van der Waals surface area (Å²) < 4.78 is 3.31. The van der Waals surface area contributed by atoms with Crippen LogP contribution in [0.25, 0.3) is 5.69 Å². The van der Waals surface area contributed by atoms with Crippen molar-refractivity contribution in [2.45, 2.75) is 25.9 Å². The normalized spacial score (nSPS) is 18.9. The van der Waals surface area contributed by atoms with Gasteiger partial charge in [0.25, 0.3) is 0 Å². The van der Waals surface area contributed by atoms with Crippen LogP contribution in [0.3, 0.4) is 0 Å². The maximum atomic E-state index is 9.64. The molecule has 3 heterocycles. The molecule has 0 aliphatic carbocycles. The molecule has 2 atom stereocenters. The second kappa shape index (κ2) is 8.26. The number of thiocarbonyl (C=S) groups is 1. The van der Waals surface area contributed by atoms with Crippen molar-refractivity contribution in [3.8, 4) is 5.69 Å². The molecule has 1 aromatic carbocycles. The summed E-state index contributed by atoms with van der Waals surface area (Å²) in [6.07, 6.45) is 1.80. The third-order valence-electron chi connectivity index (χ3n) is 5.41. The SMILES string of the molecule is Cc1cc([C@H]2[C@@H](c3ccccn3)NC(=S)N2CCO)c(C)n1-c1ccc(Br)cc1. The number of aliphatic hydroxyl groups is 1. The smallest absolute Gasteiger partial charge is 0.170 e. The van der Waals surface area contributed by atoms with Gasteiger partial charge in [-0.05, 0) is 74.1 Å². The van der Waals surface area contributed by atoms with E-state index in [1.54, 1.807) is 6.20 Å². The third kappa shape index (κ3) is 3.70. The summed E-state index contributed by atoms with van der Waals surface area (Å²) in [7, 11) is 0. The highest BCUT2D eigenvalue weighted by Crippen LogP contribution is 2.41. The highest BCUT2D eigenvalue weighted by atomic mass is 79.9. The molecule has 1 saturated heterocycles. The van der Waals surface area contributed by atoms with Crippen LogP contribution < -0.4 is 5.32 Å². The molecule has 0 spiro atoms. The number of rotatable bonds is 5. The topological polar surface area (TPSA) is 53.3 Å². The van der Waals surface area contributed by atoms with Gasteiger partial charge in [-0.3, -0.25) is 4.98 Å². The van der Waals surface area contributed by atoms with E-state index >= 15 is 0 Å². The number of β-amino-alcohol motifs (C(OH)–C–C–N with tert-alkyl or cyclic N) is 1. The summed E-state index contributed by atoms with van der Waals surface area (Å²) in [5, 5.41) is 13.7. The number of nitrogens with zero attached hydrogens (tertiary/aromatic N) is 3. The molecule has 0 amide bonds. The van der Waals surface area contributed by atoms with Gasteiger partial charge in [0.05, 0.1) is 24.4 Å². The number of pyridine rings is 1. The van der Waals surface area contributed by atoms with Crippen LogP contribution in [0.2, 0.25) is 0 Å². The van der Waals surface area contributed by atoms with Gasteiger partial charge < -0.3 is 19.9 Å². The number of aliphatic hydroxyl groups excluding tert-OH is 1. The number of hydrogen-bond donors (Lipinski definition) is 2. The number of hydrogen-bond acceptors (Lipinski definition) is 3. The van der Waals surface area contributed by atoms with Crippen molar-refractivity contribution in [3.05, 3.63) is 81.8 Å². The zero-order valence-corrected chi connectivity index (χ0v) is 18.7. The van der Waals surface area contributed by atoms with Gasteiger partial charge in [0.2, 0.25) is 0 Å². The van der Waals surface area contributed by atoms with E-state index in [2.05, 4.69) is 79.9 Å². The van der Waals surface area contributed by atoms with E-state index in [4.69, 9.17) is 12.2 Å². The van der Waals surface area contributed by atoms with Gasteiger partial charge in [0.1, 0.15) is 0 Å². The van der Waals surface area contributed by atoms with Crippen molar-refractivity contribution in [3.63, 3.8) is 0 Å². The second-order valence-corrected chi connectivity index (χ2v) is 8.48. The molecule has 4 rings (SSSR count). The van der Waals surface area contributed by atoms with Crippen LogP contribution >= 0.6 is 28.1 Å². The highest BCUT2D eigenvalue weighted by Gasteiger charge is 2.41. The fourth-order valence-electron chi connectivity index (χ4n) is 4.17. The van der Waals surface area contributed by atoms with E-state index < -0.39 is 0 Å². The first kappa shape index (κ1) is 20.1. The number of aryl methyl sites for hydroxylation is 1. The van der Waals surface area contributed by atoms with Gasteiger partial charge in [-0.1, -0.05) is 22.0 Å². The molecule has 2 N–H and O–H groups in total. The van der Waals surface area contributed by atoms with E-state index in [1.165, 1.54) is 5.56 Å². The van der Waals surface area contributed by atoms with Crippen molar-refractivity contribution in [2.24, 2.45) is 0 Å². The van der Waals surface area contributed by atoms with Gasteiger partial charge in [-0.2, -0.15) is 0 Å². The zero-order valence-electron chi connectivity index (χ0n) is 16.3. The maximum absolute atomic E-state index is 9.64.